The van der Waals surface area contributed by atoms with Crippen molar-refractivity contribution in [3.8, 4) is 0 Å². The van der Waals surface area contributed by atoms with Crippen LogP contribution in [0.25, 0.3) is 0 Å². The summed E-state index contributed by atoms with van der Waals surface area (Å²) in [6, 6.07) is 0. The first-order chi connectivity index (χ1) is 4.61. The molecule has 11 heavy (non-hydrogen) atoms. The molecule has 1 aliphatic rings. The van der Waals surface area contributed by atoms with Crippen LogP contribution in [0.4, 0.5) is 0 Å². The highest BCUT2D eigenvalue weighted by molar-refractivity contribution is 4.84. The molecular formula is C6H14O5. The highest BCUT2D eigenvalue weighted by atomic mass is 16.4. The first-order valence-electron chi connectivity index (χ1n) is 3.33. The van der Waals surface area contributed by atoms with Crippen molar-refractivity contribution in [2.75, 3.05) is 0 Å². The molecule has 0 unspecified atom stereocenters. The fourth-order valence-corrected chi connectivity index (χ4v) is 1.12. The highest BCUT2D eigenvalue weighted by Gasteiger charge is 2.32. The monoisotopic (exact) mass is 166 g/mol. The average molecular weight is 166 g/mol. The lowest BCUT2D eigenvalue weighted by Gasteiger charge is -2.30. The van der Waals surface area contributed by atoms with Gasteiger partial charge in [0.25, 0.3) is 0 Å². The van der Waals surface area contributed by atoms with E-state index in [1.54, 1.807) is 0 Å². The van der Waals surface area contributed by atoms with Crippen molar-refractivity contribution in [2.24, 2.45) is 0 Å². The molecule has 1 fully saturated rings. The van der Waals surface area contributed by atoms with Crippen LogP contribution in [0.15, 0.2) is 0 Å². The molecule has 0 spiro atoms. The minimum absolute atomic E-state index is 0. The van der Waals surface area contributed by atoms with Crippen LogP contribution in [-0.2, 0) is 0 Å². The zero-order valence-corrected chi connectivity index (χ0v) is 6.01. The van der Waals surface area contributed by atoms with E-state index in [1.165, 1.54) is 0 Å². The predicted molar refractivity (Wildman–Crippen MR) is 36.9 cm³/mol. The molecule has 0 saturated heterocycles. The molecule has 0 bridgehead atoms. The van der Waals surface area contributed by atoms with Crippen molar-refractivity contribution in [2.45, 2.75) is 37.3 Å². The maximum Gasteiger partial charge on any atom is 0.0825 e. The van der Waals surface area contributed by atoms with Crippen molar-refractivity contribution in [3.05, 3.63) is 0 Å². The standard InChI is InChI=1S/C6H12O4.H2O/c7-3-1-4(8)6(10)2-5(3)9;/h3-10H,1-2H2;1H2/t3-,4-,5-,6-;/m0./s1. The summed E-state index contributed by atoms with van der Waals surface area (Å²) in [4.78, 5) is 0. The van der Waals surface area contributed by atoms with E-state index in [2.05, 4.69) is 0 Å². The van der Waals surface area contributed by atoms with E-state index in [4.69, 9.17) is 20.4 Å². The maximum absolute atomic E-state index is 8.94. The third kappa shape index (κ3) is 2.39. The van der Waals surface area contributed by atoms with Crippen molar-refractivity contribution in [3.63, 3.8) is 0 Å². The van der Waals surface area contributed by atoms with Gasteiger partial charge in [-0.3, -0.25) is 0 Å². The van der Waals surface area contributed by atoms with E-state index < -0.39 is 24.4 Å². The van der Waals surface area contributed by atoms with Gasteiger partial charge in [-0.05, 0) is 0 Å². The van der Waals surface area contributed by atoms with Gasteiger partial charge in [-0.15, -0.1) is 0 Å². The SMILES string of the molecule is O.O[C@H]1C[C@H](O)[C@@H](O)C[C@@H]1O. The molecule has 4 atom stereocenters. The molecule has 6 N–H and O–H groups in total. The van der Waals surface area contributed by atoms with Crippen LogP contribution >= 0.6 is 0 Å². The Kier molecular flexibility index (Phi) is 3.91. The zero-order chi connectivity index (χ0) is 7.72. The van der Waals surface area contributed by atoms with E-state index in [0.717, 1.165) is 0 Å². The van der Waals surface area contributed by atoms with Gasteiger partial charge in [-0.2, -0.15) is 0 Å². The Morgan fingerprint density at radius 1 is 0.636 bits per heavy atom. The van der Waals surface area contributed by atoms with Crippen LogP contribution in [0, 0.1) is 0 Å². The largest absolute Gasteiger partial charge is 0.412 e. The Morgan fingerprint density at radius 2 is 0.818 bits per heavy atom. The van der Waals surface area contributed by atoms with Gasteiger partial charge in [0.1, 0.15) is 0 Å². The molecule has 1 saturated carbocycles. The summed E-state index contributed by atoms with van der Waals surface area (Å²) in [5, 5.41) is 35.8. The van der Waals surface area contributed by atoms with E-state index in [0.29, 0.717) is 0 Å². The van der Waals surface area contributed by atoms with Gasteiger partial charge in [-0.1, -0.05) is 0 Å². The van der Waals surface area contributed by atoms with Gasteiger partial charge in [0.2, 0.25) is 0 Å². The van der Waals surface area contributed by atoms with E-state index in [-0.39, 0.29) is 18.3 Å². The number of hydrogen-bond donors (Lipinski definition) is 4. The third-order valence-electron chi connectivity index (χ3n) is 1.85. The molecule has 0 radical (unpaired) electrons. The normalized spacial score (nSPS) is 44.7. The van der Waals surface area contributed by atoms with Crippen LogP contribution in [0.2, 0.25) is 0 Å². The lowest BCUT2D eigenvalue weighted by molar-refractivity contribution is -0.107. The minimum atomic E-state index is -0.890. The third-order valence-corrected chi connectivity index (χ3v) is 1.85. The first kappa shape index (κ1) is 10.8. The van der Waals surface area contributed by atoms with Gasteiger partial charge < -0.3 is 25.9 Å². The molecular weight excluding hydrogens is 152 g/mol. The van der Waals surface area contributed by atoms with E-state index >= 15 is 0 Å². The second-order valence-corrected chi connectivity index (χ2v) is 2.74. The highest BCUT2D eigenvalue weighted by Crippen LogP contribution is 2.19. The summed E-state index contributed by atoms with van der Waals surface area (Å²) in [6.45, 7) is 0. The molecule has 1 aliphatic carbocycles. The molecule has 0 aliphatic heterocycles. The summed E-state index contributed by atoms with van der Waals surface area (Å²) in [5.74, 6) is 0. The molecule has 0 aromatic heterocycles. The van der Waals surface area contributed by atoms with Gasteiger partial charge in [0.05, 0.1) is 24.4 Å². The van der Waals surface area contributed by atoms with Gasteiger partial charge in [0.15, 0.2) is 0 Å². The molecule has 5 heteroatoms. The number of aliphatic hydroxyl groups excluding tert-OH is 4. The molecule has 0 heterocycles. The molecule has 0 amide bonds. The quantitative estimate of drug-likeness (QED) is 0.316. The number of aliphatic hydroxyl groups is 4. The Bertz CT molecular complexity index is 91.5. The van der Waals surface area contributed by atoms with Crippen LogP contribution < -0.4 is 0 Å². The molecule has 0 aromatic rings. The van der Waals surface area contributed by atoms with Crippen LogP contribution in [0.1, 0.15) is 12.8 Å². The van der Waals surface area contributed by atoms with Gasteiger partial charge in [0, 0.05) is 12.8 Å². The number of hydrogen-bond acceptors (Lipinski definition) is 4. The summed E-state index contributed by atoms with van der Waals surface area (Å²) >= 11 is 0. The van der Waals surface area contributed by atoms with Crippen LogP contribution in [0.5, 0.6) is 0 Å². The van der Waals surface area contributed by atoms with E-state index in [1.807, 2.05) is 0 Å². The average Bonchev–Trinajstić information content (AvgIpc) is 1.84. The molecule has 68 valence electrons. The predicted octanol–water partition coefficient (Wildman–Crippen LogP) is -2.60. The first-order valence-corrected chi connectivity index (χ1v) is 3.33. The molecule has 0 aromatic carbocycles. The zero-order valence-electron chi connectivity index (χ0n) is 6.01. The van der Waals surface area contributed by atoms with E-state index in [9.17, 15) is 0 Å². The Balaban J connectivity index is 0.000001000. The Labute approximate surface area is 64.2 Å². The Hall–Kier alpha value is -0.200. The molecule has 5 nitrogen and oxygen atoms in total. The van der Waals surface area contributed by atoms with Crippen LogP contribution in [0.3, 0.4) is 0 Å². The minimum Gasteiger partial charge on any atom is -0.412 e. The van der Waals surface area contributed by atoms with Crippen LogP contribution in [-0.4, -0.2) is 50.3 Å². The van der Waals surface area contributed by atoms with Crippen molar-refractivity contribution in [1.82, 2.24) is 0 Å². The second-order valence-electron chi connectivity index (χ2n) is 2.74. The fraction of sp³-hybridized carbons (Fsp3) is 1.00. The van der Waals surface area contributed by atoms with Crippen molar-refractivity contribution < 1.29 is 25.9 Å². The summed E-state index contributed by atoms with van der Waals surface area (Å²) in [6.07, 6.45) is -3.45. The lowest BCUT2D eigenvalue weighted by atomic mass is 9.90. The van der Waals surface area contributed by atoms with Gasteiger partial charge in [-0.25, -0.2) is 0 Å². The summed E-state index contributed by atoms with van der Waals surface area (Å²) in [7, 11) is 0. The van der Waals surface area contributed by atoms with Gasteiger partial charge >= 0.3 is 0 Å². The maximum atomic E-state index is 8.94. The Morgan fingerprint density at radius 3 is 1.00 bits per heavy atom. The molecule has 1 rings (SSSR count). The topological polar surface area (TPSA) is 112 Å². The van der Waals surface area contributed by atoms with Crippen molar-refractivity contribution >= 4 is 0 Å². The number of rotatable bonds is 0. The fourth-order valence-electron chi connectivity index (χ4n) is 1.12. The second kappa shape index (κ2) is 3.99. The summed E-state index contributed by atoms with van der Waals surface area (Å²) in [5.41, 5.74) is 0. The summed E-state index contributed by atoms with van der Waals surface area (Å²) < 4.78 is 0. The lowest BCUT2D eigenvalue weighted by Crippen LogP contribution is -2.44. The smallest absolute Gasteiger partial charge is 0.0825 e. The van der Waals surface area contributed by atoms with Crippen molar-refractivity contribution in [1.29, 1.82) is 0 Å².